The molecular formula is C17H23NO5. The summed E-state index contributed by atoms with van der Waals surface area (Å²) in [6.45, 7) is 4.80. The third-order valence-electron chi connectivity index (χ3n) is 3.05. The Morgan fingerprint density at radius 2 is 1.91 bits per heavy atom. The molecule has 0 radical (unpaired) electrons. The van der Waals surface area contributed by atoms with E-state index in [9.17, 15) is 9.59 Å². The lowest BCUT2D eigenvalue weighted by atomic mass is 10.1. The molecule has 0 aliphatic rings. The van der Waals surface area contributed by atoms with Crippen LogP contribution in [0.15, 0.2) is 24.3 Å². The largest absolute Gasteiger partial charge is 0.493 e. The van der Waals surface area contributed by atoms with E-state index in [1.165, 1.54) is 14.2 Å². The molecule has 0 bridgehead atoms. The highest BCUT2D eigenvalue weighted by atomic mass is 16.5. The van der Waals surface area contributed by atoms with Crippen molar-refractivity contribution in [3.05, 3.63) is 29.8 Å². The standard InChI is InChI=1S/C17H23NO5/c1-6-7-12-8-9-13(14(10-12)21-4)23-11-15(19)18-17(2,3)16(20)22-5/h6-10H,11H2,1-5H3,(H,18,19). The molecule has 126 valence electrons. The highest BCUT2D eigenvalue weighted by molar-refractivity contribution is 5.87. The number of rotatable bonds is 7. The minimum absolute atomic E-state index is 0.236. The van der Waals surface area contributed by atoms with Crippen LogP contribution in [0.25, 0.3) is 6.08 Å². The second kappa shape index (κ2) is 8.22. The predicted molar refractivity (Wildman–Crippen MR) is 87.4 cm³/mol. The third-order valence-corrected chi connectivity index (χ3v) is 3.05. The Morgan fingerprint density at radius 1 is 1.22 bits per heavy atom. The quantitative estimate of drug-likeness (QED) is 0.779. The molecule has 23 heavy (non-hydrogen) atoms. The number of nitrogens with one attached hydrogen (secondary N) is 1. The third kappa shape index (κ3) is 5.32. The molecule has 0 spiro atoms. The molecule has 1 N–H and O–H groups in total. The Labute approximate surface area is 136 Å². The SMILES string of the molecule is CC=Cc1ccc(OCC(=O)NC(C)(C)C(=O)OC)c(OC)c1. The highest BCUT2D eigenvalue weighted by Crippen LogP contribution is 2.28. The number of benzene rings is 1. The molecule has 1 rings (SSSR count). The lowest BCUT2D eigenvalue weighted by Gasteiger charge is -2.23. The number of hydrogen-bond acceptors (Lipinski definition) is 5. The van der Waals surface area contributed by atoms with Gasteiger partial charge in [0.25, 0.3) is 5.91 Å². The van der Waals surface area contributed by atoms with Crippen LogP contribution in [0, 0.1) is 0 Å². The molecule has 0 atom stereocenters. The molecule has 0 saturated carbocycles. The van der Waals surface area contributed by atoms with Crippen LogP contribution >= 0.6 is 0 Å². The van der Waals surface area contributed by atoms with Crippen LogP contribution in [-0.4, -0.2) is 38.2 Å². The fourth-order valence-electron chi connectivity index (χ4n) is 1.93. The average Bonchev–Trinajstić information content (AvgIpc) is 2.52. The van der Waals surface area contributed by atoms with Crippen LogP contribution in [0.3, 0.4) is 0 Å². The number of carbonyl (C=O) groups excluding carboxylic acids is 2. The topological polar surface area (TPSA) is 73.9 Å². The second-order valence-corrected chi connectivity index (χ2v) is 5.36. The summed E-state index contributed by atoms with van der Waals surface area (Å²) >= 11 is 0. The van der Waals surface area contributed by atoms with Gasteiger partial charge >= 0.3 is 5.97 Å². The van der Waals surface area contributed by atoms with Crippen molar-refractivity contribution in [3.8, 4) is 11.5 Å². The van der Waals surface area contributed by atoms with Crippen molar-refractivity contribution in [3.63, 3.8) is 0 Å². The molecule has 1 aromatic carbocycles. The summed E-state index contributed by atoms with van der Waals surface area (Å²) < 4.78 is 15.4. The number of allylic oxidation sites excluding steroid dienone is 1. The van der Waals surface area contributed by atoms with Gasteiger partial charge in [-0.3, -0.25) is 4.79 Å². The zero-order valence-corrected chi connectivity index (χ0v) is 14.1. The molecule has 0 aromatic heterocycles. The molecule has 6 heteroatoms. The summed E-state index contributed by atoms with van der Waals surface area (Å²) in [6.07, 6.45) is 3.84. The molecule has 1 aromatic rings. The van der Waals surface area contributed by atoms with Gasteiger partial charge in [0.1, 0.15) is 5.54 Å². The summed E-state index contributed by atoms with van der Waals surface area (Å²) in [5, 5.41) is 2.56. The van der Waals surface area contributed by atoms with Crippen molar-refractivity contribution in [1.82, 2.24) is 5.32 Å². The van der Waals surface area contributed by atoms with E-state index >= 15 is 0 Å². The molecule has 0 aliphatic heterocycles. The summed E-state index contributed by atoms with van der Waals surface area (Å²) in [5.41, 5.74) is -0.150. The first-order valence-corrected chi connectivity index (χ1v) is 7.17. The van der Waals surface area contributed by atoms with E-state index in [-0.39, 0.29) is 6.61 Å². The van der Waals surface area contributed by atoms with Crippen molar-refractivity contribution in [2.24, 2.45) is 0 Å². The van der Waals surface area contributed by atoms with Gasteiger partial charge in [-0.05, 0) is 38.5 Å². The number of hydrogen-bond donors (Lipinski definition) is 1. The van der Waals surface area contributed by atoms with Gasteiger partial charge in [0, 0.05) is 0 Å². The van der Waals surface area contributed by atoms with E-state index < -0.39 is 17.4 Å². The number of esters is 1. The maximum atomic E-state index is 11.9. The molecule has 1 amide bonds. The van der Waals surface area contributed by atoms with Gasteiger partial charge in [0.05, 0.1) is 14.2 Å². The Hall–Kier alpha value is -2.50. The lowest BCUT2D eigenvalue weighted by molar-refractivity contribution is -0.149. The number of ether oxygens (including phenoxy) is 3. The van der Waals surface area contributed by atoms with Gasteiger partial charge < -0.3 is 19.5 Å². The van der Waals surface area contributed by atoms with Crippen LogP contribution in [-0.2, 0) is 14.3 Å². The normalized spacial score (nSPS) is 11.2. The summed E-state index contributed by atoms with van der Waals surface area (Å²) in [7, 11) is 2.80. The molecule has 0 unspecified atom stereocenters. The van der Waals surface area contributed by atoms with E-state index in [0.717, 1.165) is 5.56 Å². The second-order valence-electron chi connectivity index (χ2n) is 5.36. The van der Waals surface area contributed by atoms with E-state index in [2.05, 4.69) is 10.1 Å². The maximum absolute atomic E-state index is 11.9. The van der Waals surface area contributed by atoms with Gasteiger partial charge in [-0.1, -0.05) is 18.2 Å². The first-order valence-electron chi connectivity index (χ1n) is 7.17. The smallest absolute Gasteiger partial charge is 0.330 e. The lowest BCUT2D eigenvalue weighted by Crippen LogP contribution is -2.51. The molecule has 0 heterocycles. The predicted octanol–water partition coefficient (Wildman–Crippen LogP) is 2.17. The number of carbonyl (C=O) groups is 2. The van der Waals surface area contributed by atoms with Crippen LogP contribution < -0.4 is 14.8 Å². The Kier molecular flexibility index (Phi) is 6.63. The van der Waals surface area contributed by atoms with Gasteiger partial charge in [-0.15, -0.1) is 0 Å². The van der Waals surface area contributed by atoms with Crippen molar-refractivity contribution < 1.29 is 23.8 Å². The molecule has 0 aliphatic carbocycles. The Morgan fingerprint density at radius 3 is 2.48 bits per heavy atom. The summed E-state index contributed by atoms with van der Waals surface area (Å²) in [5.74, 6) is 0.0199. The minimum atomic E-state index is -1.12. The molecule has 0 fully saturated rings. The van der Waals surface area contributed by atoms with Gasteiger partial charge in [0.2, 0.25) is 0 Å². The zero-order chi connectivity index (χ0) is 17.5. The fraction of sp³-hybridized carbons (Fsp3) is 0.412. The van der Waals surface area contributed by atoms with Gasteiger partial charge in [-0.25, -0.2) is 4.79 Å². The first kappa shape index (κ1) is 18.5. The fourth-order valence-corrected chi connectivity index (χ4v) is 1.93. The average molecular weight is 321 g/mol. The molecular weight excluding hydrogens is 298 g/mol. The Bertz CT molecular complexity index is 593. The van der Waals surface area contributed by atoms with Gasteiger partial charge in [-0.2, -0.15) is 0 Å². The van der Waals surface area contributed by atoms with E-state index in [4.69, 9.17) is 9.47 Å². The minimum Gasteiger partial charge on any atom is -0.493 e. The van der Waals surface area contributed by atoms with E-state index in [0.29, 0.717) is 11.5 Å². The summed E-state index contributed by atoms with van der Waals surface area (Å²) in [4.78, 5) is 23.5. The monoisotopic (exact) mass is 321 g/mol. The van der Waals surface area contributed by atoms with E-state index in [1.807, 2.05) is 31.2 Å². The van der Waals surface area contributed by atoms with Crippen molar-refractivity contribution in [1.29, 1.82) is 0 Å². The highest BCUT2D eigenvalue weighted by Gasteiger charge is 2.30. The van der Waals surface area contributed by atoms with Crippen molar-refractivity contribution >= 4 is 18.0 Å². The van der Waals surface area contributed by atoms with Crippen molar-refractivity contribution in [2.45, 2.75) is 26.3 Å². The van der Waals surface area contributed by atoms with Crippen LogP contribution in [0.1, 0.15) is 26.3 Å². The molecule has 6 nitrogen and oxygen atoms in total. The van der Waals surface area contributed by atoms with Gasteiger partial charge in [0.15, 0.2) is 18.1 Å². The van der Waals surface area contributed by atoms with E-state index in [1.54, 1.807) is 19.9 Å². The van der Waals surface area contributed by atoms with Crippen LogP contribution in [0.5, 0.6) is 11.5 Å². The first-order chi connectivity index (χ1) is 10.8. The number of methoxy groups -OCH3 is 2. The van der Waals surface area contributed by atoms with Crippen LogP contribution in [0.4, 0.5) is 0 Å². The number of amides is 1. The maximum Gasteiger partial charge on any atom is 0.330 e. The molecule has 0 saturated heterocycles. The Balaban J connectivity index is 2.71. The van der Waals surface area contributed by atoms with Crippen LogP contribution in [0.2, 0.25) is 0 Å². The zero-order valence-electron chi connectivity index (χ0n) is 14.1. The van der Waals surface area contributed by atoms with Crippen molar-refractivity contribution in [2.75, 3.05) is 20.8 Å². The summed E-state index contributed by atoms with van der Waals surface area (Å²) in [6, 6.07) is 5.40.